The van der Waals surface area contributed by atoms with Crippen molar-refractivity contribution in [3.8, 4) is 5.75 Å². The van der Waals surface area contributed by atoms with Crippen LogP contribution >= 0.6 is 0 Å². The highest BCUT2D eigenvalue weighted by Crippen LogP contribution is 2.28. The highest BCUT2D eigenvalue weighted by Gasteiger charge is 2.43. The fourth-order valence-corrected chi connectivity index (χ4v) is 3.71. The molecule has 0 radical (unpaired) electrons. The van der Waals surface area contributed by atoms with Gasteiger partial charge in [0.25, 0.3) is 0 Å². The first-order valence-corrected chi connectivity index (χ1v) is 10.1. The van der Waals surface area contributed by atoms with Gasteiger partial charge in [0, 0.05) is 29.7 Å². The molecule has 2 aromatic rings. The van der Waals surface area contributed by atoms with Crippen LogP contribution in [0.25, 0.3) is 10.9 Å². The molecule has 7 nitrogen and oxygen atoms in total. The van der Waals surface area contributed by atoms with E-state index < -0.39 is 30.7 Å². The topological polar surface area (TPSA) is 98.2 Å². The van der Waals surface area contributed by atoms with Crippen LogP contribution in [0.2, 0.25) is 0 Å². The van der Waals surface area contributed by atoms with Crippen LogP contribution in [-0.4, -0.2) is 75.5 Å². The van der Waals surface area contributed by atoms with Crippen LogP contribution in [0.1, 0.15) is 32.8 Å². The molecule has 28 heavy (non-hydrogen) atoms. The van der Waals surface area contributed by atoms with Crippen molar-refractivity contribution in [1.82, 2.24) is 9.88 Å². The Morgan fingerprint density at radius 3 is 2.61 bits per heavy atom. The number of rotatable bonds is 8. The van der Waals surface area contributed by atoms with Gasteiger partial charge in [0.1, 0.15) is 24.1 Å². The summed E-state index contributed by atoms with van der Waals surface area (Å²) in [4.78, 5) is 5.73. The Balaban J connectivity index is 1.68. The zero-order valence-electron chi connectivity index (χ0n) is 16.8. The number of hydrogen-bond donors (Lipinski definition) is 4. The number of fused-ring (bicyclic) bond motifs is 1. The average Bonchev–Trinajstić information content (AvgIpc) is 3.10. The van der Waals surface area contributed by atoms with Gasteiger partial charge < -0.3 is 34.7 Å². The van der Waals surface area contributed by atoms with Gasteiger partial charge in [0.05, 0.1) is 6.10 Å². The average molecular weight is 392 g/mol. The Bertz CT molecular complexity index is 764. The number of ether oxygens (including phenoxy) is 2. The van der Waals surface area contributed by atoms with E-state index in [1.807, 2.05) is 24.4 Å². The molecule has 1 aromatic heterocycles. The van der Waals surface area contributed by atoms with Gasteiger partial charge in [0.15, 0.2) is 0 Å². The summed E-state index contributed by atoms with van der Waals surface area (Å²) in [7, 11) is 0. The highest BCUT2D eigenvalue weighted by atomic mass is 16.7. The van der Waals surface area contributed by atoms with Crippen LogP contribution in [-0.2, 0) is 11.2 Å². The minimum atomic E-state index is -1.32. The fourth-order valence-electron chi connectivity index (χ4n) is 3.71. The molecule has 0 aliphatic carbocycles. The number of nitrogens with zero attached hydrogens (tertiary/aromatic N) is 1. The molecule has 1 aromatic carbocycles. The van der Waals surface area contributed by atoms with Crippen LogP contribution in [0.4, 0.5) is 0 Å². The molecule has 0 spiro atoms. The third-order valence-electron chi connectivity index (χ3n) is 5.48. The highest BCUT2D eigenvalue weighted by molar-refractivity contribution is 5.84. The number of aliphatic hydroxyl groups is 3. The standard InChI is InChI=1S/C21H32N2O5/c1-4-9-23(5-2)10-8-14-12-22-17-11-15(6-7-16(14)17)28-21-20(26)19(25)18(24)13(3)27-21/h6-7,11-13,18-22,24-26H,4-5,8-10H2,1-3H3. The molecule has 5 atom stereocenters. The Hall–Kier alpha value is -1.64. The zero-order chi connectivity index (χ0) is 20.3. The molecule has 1 aliphatic rings. The van der Waals surface area contributed by atoms with E-state index in [2.05, 4.69) is 23.7 Å². The molecule has 0 bridgehead atoms. The maximum Gasteiger partial charge on any atom is 0.229 e. The van der Waals surface area contributed by atoms with E-state index in [9.17, 15) is 15.3 Å². The largest absolute Gasteiger partial charge is 0.462 e. The van der Waals surface area contributed by atoms with Crippen molar-refractivity contribution in [3.63, 3.8) is 0 Å². The fraction of sp³-hybridized carbons (Fsp3) is 0.619. The predicted molar refractivity (Wildman–Crippen MR) is 107 cm³/mol. The van der Waals surface area contributed by atoms with Crippen LogP contribution in [0.5, 0.6) is 5.75 Å². The first-order chi connectivity index (χ1) is 13.4. The second-order valence-electron chi connectivity index (χ2n) is 7.50. The summed E-state index contributed by atoms with van der Waals surface area (Å²) < 4.78 is 11.3. The molecule has 3 rings (SSSR count). The van der Waals surface area contributed by atoms with E-state index in [4.69, 9.17) is 9.47 Å². The summed E-state index contributed by atoms with van der Waals surface area (Å²) in [5, 5.41) is 31.0. The van der Waals surface area contributed by atoms with Crippen molar-refractivity contribution < 1.29 is 24.8 Å². The maximum absolute atomic E-state index is 10.1. The van der Waals surface area contributed by atoms with Gasteiger partial charge in [-0.3, -0.25) is 0 Å². The second-order valence-corrected chi connectivity index (χ2v) is 7.50. The first-order valence-electron chi connectivity index (χ1n) is 10.1. The molecular weight excluding hydrogens is 360 g/mol. The second kappa shape index (κ2) is 9.24. The monoisotopic (exact) mass is 392 g/mol. The van der Waals surface area contributed by atoms with E-state index >= 15 is 0 Å². The van der Waals surface area contributed by atoms with Crippen molar-refractivity contribution in [3.05, 3.63) is 30.0 Å². The van der Waals surface area contributed by atoms with E-state index in [0.29, 0.717) is 5.75 Å². The zero-order valence-corrected chi connectivity index (χ0v) is 16.8. The Morgan fingerprint density at radius 1 is 1.11 bits per heavy atom. The van der Waals surface area contributed by atoms with Crippen LogP contribution in [0.15, 0.2) is 24.4 Å². The molecule has 7 heteroatoms. The van der Waals surface area contributed by atoms with Crippen LogP contribution in [0, 0.1) is 0 Å². The Morgan fingerprint density at radius 2 is 1.89 bits per heavy atom. The van der Waals surface area contributed by atoms with Gasteiger partial charge >= 0.3 is 0 Å². The molecule has 156 valence electrons. The normalized spacial score (nSPS) is 28.2. The minimum Gasteiger partial charge on any atom is -0.462 e. The molecule has 5 unspecified atom stereocenters. The lowest BCUT2D eigenvalue weighted by Crippen LogP contribution is -2.58. The molecular formula is C21H32N2O5. The van der Waals surface area contributed by atoms with E-state index in [1.165, 1.54) is 5.56 Å². The van der Waals surface area contributed by atoms with Crippen molar-refractivity contribution in [2.24, 2.45) is 0 Å². The number of hydrogen-bond acceptors (Lipinski definition) is 6. The summed E-state index contributed by atoms with van der Waals surface area (Å²) in [6.07, 6.45) is -1.27. The molecule has 0 amide bonds. The number of H-pyrrole nitrogens is 1. The van der Waals surface area contributed by atoms with Crippen LogP contribution < -0.4 is 4.74 Å². The van der Waals surface area contributed by atoms with Crippen LogP contribution in [0.3, 0.4) is 0 Å². The molecule has 1 saturated heterocycles. The van der Waals surface area contributed by atoms with E-state index in [-0.39, 0.29) is 0 Å². The quantitative estimate of drug-likeness (QED) is 0.545. The summed E-state index contributed by atoms with van der Waals surface area (Å²) >= 11 is 0. The predicted octanol–water partition coefficient (Wildman–Crippen LogP) is 1.65. The minimum absolute atomic E-state index is 0.530. The lowest BCUT2D eigenvalue weighted by atomic mass is 10.00. The third kappa shape index (κ3) is 4.50. The van der Waals surface area contributed by atoms with Gasteiger partial charge in [-0.2, -0.15) is 0 Å². The summed E-state index contributed by atoms with van der Waals surface area (Å²) in [6, 6.07) is 5.69. The van der Waals surface area contributed by atoms with E-state index in [1.54, 1.807) is 6.92 Å². The SMILES string of the molecule is CCCN(CC)CCc1c[nH]c2cc(OC3OC(C)C(O)C(O)C3O)ccc12. The van der Waals surface area contributed by atoms with E-state index in [0.717, 1.165) is 43.4 Å². The smallest absolute Gasteiger partial charge is 0.229 e. The van der Waals surface area contributed by atoms with Gasteiger partial charge in [-0.05, 0) is 50.6 Å². The van der Waals surface area contributed by atoms with Gasteiger partial charge in [-0.15, -0.1) is 0 Å². The van der Waals surface area contributed by atoms with Crippen molar-refractivity contribution in [1.29, 1.82) is 0 Å². The Labute approximate surface area is 165 Å². The number of benzene rings is 1. The number of aromatic amines is 1. The number of aromatic nitrogens is 1. The number of nitrogens with one attached hydrogen (secondary N) is 1. The maximum atomic E-state index is 10.1. The molecule has 2 heterocycles. The summed E-state index contributed by atoms with van der Waals surface area (Å²) in [6.45, 7) is 9.21. The van der Waals surface area contributed by atoms with Crippen molar-refractivity contribution in [2.75, 3.05) is 19.6 Å². The summed E-state index contributed by atoms with van der Waals surface area (Å²) in [5.41, 5.74) is 2.21. The number of aliphatic hydroxyl groups excluding tert-OH is 3. The van der Waals surface area contributed by atoms with Crippen molar-refractivity contribution >= 4 is 10.9 Å². The third-order valence-corrected chi connectivity index (χ3v) is 5.48. The lowest BCUT2D eigenvalue weighted by Gasteiger charge is -2.38. The van der Waals surface area contributed by atoms with Gasteiger partial charge in [-0.25, -0.2) is 0 Å². The van der Waals surface area contributed by atoms with Crippen molar-refractivity contribution in [2.45, 2.75) is 64.3 Å². The molecule has 4 N–H and O–H groups in total. The Kier molecular flexibility index (Phi) is 6.95. The molecule has 0 saturated carbocycles. The van der Waals surface area contributed by atoms with Gasteiger partial charge in [-0.1, -0.05) is 13.8 Å². The lowest BCUT2D eigenvalue weighted by molar-refractivity contribution is -0.268. The first kappa shape index (κ1) is 21.1. The van der Waals surface area contributed by atoms with Gasteiger partial charge in [0.2, 0.25) is 6.29 Å². The molecule has 1 aliphatic heterocycles. The molecule has 1 fully saturated rings. The summed E-state index contributed by atoms with van der Waals surface area (Å²) in [5.74, 6) is 0.530. The number of likely N-dealkylation sites (N-methyl/N-ethyl adjacent to an activating group) is 1.